The van der Waals surface area contributed by atoms with Crippen LogP contribution in [0.25, 0.3) is 0 Å². The summed E-state index contributed by atoms with van der Waals surface area (Å²) in [5.74, 6) is 1.73. The Morgan fingerprint density at radius 1 is 1.29 bits per heavy atom. The van der Waals surface area contributed by atoms with E-state index in [0.29, 0.717) is 19.0 Å². The lowest BCUT2D eigenvalue weighted by Crippen LogP contribution is -2.31. The van der Waals surface area contributed by atoms with Gasteiger partial charge < -0.3 is 10.1 Å². The number of carbonyl (C=O) groups excluding carboxylic acids is 1. The summed E-state index contributed by atoms with van der Waals surface area (Å²) in [6.07, 6.45) is 4.86. The molecule has 1 unspecified atom stereocenters. The number of hydrogen-bond acceptors (Lipinski definition) is 5. The molecule has 0 fully saturated rings. The summed E-state index contributed by atoms with van der Waals surface area (Å²) >= 11 is 0. The van der Waals surface area contributed by atoms with E-state index in [4.69, 9.17) is 4.74 Å². The first-order valence-corrected chi connectivity index (χ1v) is 8.43. The fourth-order valence-corrected chi connectivity index (χ4v) is 3.37. The number of benzene rings is 1. The molecule has 0 spiro atoms. The molecule has 4 rings (SSSR count). The fraction of sp³-hybridized carbons (Fsp3) is 0.389. The van der Waals surface area contributed by atoms with Crippen molar-refractivity contribution in [2.45, 2.75) is 38.6 Å². The highest BCUT2D eigenvalue weighted by Crippen LogP contribution is 2.39. The topological polar surface area (TPSA) is 69.0 Å². The van der Waals surface area contributed by atoms with Crippen molar-refractivity contribution in [3.05, 3.63) is 47.4 Å². The molecule has 0 saturated heterocycles. The van der Waals surface area contributed by atoms with Gasteiger partial charge in [0.1, 0.15) is 18.1 Å². The van der Waals surface area contributed by atoms with E-state index < -0.39 is 0 Å². The van der Waals surface area contributed by atoms with Gasteiger partial charge >= 0.3 is 0 Å². The predicted molar refractivity (Wildman–Crippen MR) is 89.9 cm³/mol. The average Bonchev–Trinajstić information content (AvgIpc) is 3.07. The molecule has 1 aromatic carbocycles. The molecule has 1 aromatic heterocycles. The summed E-state index contributed by atoms with van der Waals surface area (Å²) in [5.41, 5.74) is 2.83. The number of ether oxygens (including phenoxy) is 1. The molecule has 6 nitrogen and oxygen atoms in total. The van der Waals surface area contributed by atoms with Crippen molar-refractivity contribution in [1.82, 2.24) is 14.8 Å². The molecule has 1 aliphatic carbocycles. The smallest absolute Gasteiger partial charge is 0.226 e. The van der Waals surface area contributed by atoms with Crippen molar-refractivity contribution in [1.29, 1.82) is 0 Å². The zero-order valence-electron chi connectivity index (χ0n) is 13.7. The van der Waals surface area contributed by atoms with E-state index in [2.05, 4.69) is 22.3 Å². The van der Waals surface area contributed by atoms with Crippen molar-refractivity contribution in [2.24, 2.45) is 0 Å². The highest BCUT2D eigenvalue weighted by atomic mass is 16.5. The van der Waals surface area contributed by atoms with Crippen LogP contribution in [0.4, 0.5) is 5.95 Å². The Hall–Kier alpha value is -2.63. The average molecular weight is 324 g/mol. The minimum atomic E-state index is -0.216. The maximum absolute atomic E-state index is 12.6. The second-order valence-electron chi connectivity index (χ2n) is 6.14. The Morgan fingerprint density at radius 3 is 2.92 bits per heavy atom. The maximum atomic E-state index is 12.6. The number of rotatable bonds is 4. The Morgan fingerprint density at radius 2 is 2.12 bits per heavy atom. The zero-order valence-corrected chi connectivity index (χ0v) is 13.7. The number of Topliss-reactive ketones (excluding diaryl/α,β-unsaturated/α-hetero) is 1. The molecule has 24 heavy (non-hydrogen) atoms. The van der Waals surface area contributed by atoms with E-state index in [-0.39, 0.29) is 11.8 Å². The molecule has 2 heterocycles. The van der Waals surface area contributed by atoms with Gasteiger partial charge in [0, 0.05) is 17.7 Å². The number of nitrogens with one attached hydrogen (secondary N) is 1. The van der Waals surface area contributed by atoms with Gasteiger partial charge in [0.15, 0.2) is 5.78 Å². The molecule has 1 N–H and O–H groups in total. The van der Waals surface area contributed by atoms with Gasteiger partial charge in [-0.25, -0.2) is 4.68 Å². The second-order valence-corrected chi connectivity index (χ2v) is 6.14. The van der Waals surface area contributed by atoms with Gasteiger partial charge in [0.25, 0.3) is 0 Å². The Bertz CT molecular complexity index is 792. The zero-order chi connectivity index (χ0) is 16.5. The molecule has 0 amide bonds. The van der Waals surface area contributed by atoms with E-state index in [9.17, 15) is 4.79 Å². The van der Waals surface area contributed by atoms with Crippen molar-refractivity contribution in [2.75, 3.05) is 11.9 Å². The van der Waals surface area contributed by atoms with E-state index >= 15 is 0 Å². The predicted octanol–water partition coefficient (Wildman–Crippen LogP) is 3.09. The molecular weight excluding hydrogens is 304 g/mol. The molecule has 2 aromatic rings. The van der Waals surface area contributed by atoms with Crippen molar-refractivity contribution >= 4 is 11.7 Å². The Balaban J connectivity index is 1.74. The minimum absolute atomic E-state index is 0.196. The number of carbonyl (C=O) groups is 1. The molecule has 2 aliphatic rings. The van der Waals surface area contributed by atoms with Crippen LogP contribution in [0, 0.1) is 0 Å². The van der Waals surface area contributed by atoms with Crippen molar-refractivity contribution < 1.29 is 9.53 Å². The van der Waals surface area contributed by atoms with Gasteiger partial charge in [0.05, 0.1) is 6.61 Å². The summed E-state index contributed by atoms with van der Waals surface area (Å²) in [7, 11) is 0. The quantitative estimate of drug-likeness (QED) is 0.936. The Labute approximate surface area is 140 Å². The van der Waals surface area contributed by atoms with Crippen molar-refractivity contribution in [3.8, 4) is 5.75 Å². The lowest BCUT2D eigenvalue weighted by molar-refractivity contribution is -0.116. The summed E-state index contributed by atoms with van der Waals surface area (Å²) in [6, 6.07) is 7.72. The van der Waals surface area contributed by atoms with E-state index in [1.165, 1.54) is 6.33 Å². The molecular formula is C18H20N4O2. The van der Waals surface area contributed by atoms with E-state index in [1.807, 2.05) is 24.3 Å². The first-order valence-electron chi connectivity index (χ1n) is 8.43. The van der Waals surface area contributed by atoms with Crippen LogP contribution in [0.1, 0.15) is 44.2 Å². The third-order valence-corrected chi connectivity index (χ3v) is 4.48. The summed E-state index contributed by atoms with van der Waals surface area (Å²) < 4.78 is 7.45. The second kappa shape index (κ2) is 6.11. The van der Waals surface area contributed by atoms with E-state index in [0.717, 1.165) is 41.8 Å². The van der Waals surface area contributed by atoms with Gasteiger partial charge in [-0.2, -0.15) is 10.1 Å². The van der Waals surface area contributed by atoms with Crippen LogP contribution in [0.5, 0.6) is 5.75 Å². The molecule has 1 aliphatic heterocycles. The minimum Gasteiger partial charge on any atom is -0.494 e. The van der Waals surface area contributed by atoms with Gasteiger partial charge in [-0.1, -0.05) is 19.1 Å². The highest BCUT2D eigenvalue weighted by Gasteiger charge is 2.35. The van der Waals surface area contributed by atoms with Crippen LogP contribution in [0.3, 0.4) is 0 Å². The number of anilines is 1. The molecule has 0 radical (unpaired) electrons. The number of ketones is 1. The lowest BCUT2D eigenvalue weighted by Gasteiger charge is -2.32. The van der Waals surface area contributed by atoms with E-state index in [1.54, 1.807) is 4.68 Å². The van der Waals surface area contributed by atoms with Crippen LogP contribution in [-0.2, 0) is 4.79 Å². The summed E-state index contributed by atoms with van der Waals surface area (Å²) in [5, 5.41) is 7.61. The van der Waals surface area contributed by atoms with Crippen molar-refractivity contribution in [3.63, 3.8) is 0 Å². The van der Waals surface area contributed by atoms with Crippen LogP contribution in [0.15, 0.2) is 41.9 Å². The SMILES string of the molecule is CCCOc1ccc(C2C3=C(CCCC3=O)Nc3ncnn32)cc1. The molecule has 124 valence electrons. The standard InChI is InChI=1S/C18H20N4O2/c1-2-10-24-13-8-6-12(7-9-13)17-16-14(4-3-5-15(16)23)21-18-19-11-20-22(17)18/h6-9,11,17H,2-5,10H2,1H3,(H,19,20,21). The highest BCUT2D eigenvalue weighted by molar-refractivity contribution is 5.99. The van der Waals surface area contributed by atoms with Crippen LogP contribution in [0.2, 0.25) is 0 Å². The third kappa shape index (κ3) is 2.48. The Kier molecular flexibility index (Phi) is 3.80. The molecule has 6 heteroatoms. The molecule has 0 saturated carbocycles. The van der Waals surface area contributed by atoms with Crippen LogP contribution >= 0.6 is 0 Å². The van der Waals surface area contributed by atoms with Gasteiger partial charge in [0.2, 0.25) is 5.95 Å². The van der Waals surface area contributed by atoms with Crippen LogP contribution < -0.4 is 10.1 Å². The van der Waals surface area contributed by atoms with Gasteiger partial charge in [-0.15, -0.1) is 0 Å². The lowest BCUT2D eigenvalue weighted by atomic mass is 9.85. The first-order chi connectivity index (χ1) is 11.8. The molecule has 0 bridgehead atoms. The van der Waals surface area contributed by atoms with Gasteiger partial charge in [-0.05, 0) is 37.0 Å². The number of nitrogens with zero attached hydrogens (tertiary/aromatic N) is 3. The first kappa shape index (κ1) is 14.9. The normalized spacial score (nSPS) is 19.5. The largest absolute Gasteiger partial charge is 0.494 e. The van der Waals surface area contributed by atoms with Crippen LogP contribution in [-0.4, -0.2) is 27.2 Å². The monoisotopic (exact) mass is 324 g/mol. The number of hydrogen-bond donors (Lipinski definition) is 1. The van der Waals surface area contributed by atoms with Gasteiger partial charge in [-0.3, -0.25) is 4.79 Å². The molecule has 1 atom stereocenters. The third-order valence-electron chi connectivity index (χ3n) is 4.48. The number of allylic oxidation sites excluding steroid dienone is 2. The maximum Gasteiger partial charge on any atom is 0.226 e. The number of aromatic nitrogens is 3. The fourth-order valence-electron chi connectivity index (χ4n) is 3.37. The summed E-state index contributed by atoms with van der Waals surface area (Å²) in [4.78, 5) is 16.8. The summed E-state index contributed by atoms with van der Waals surface area (Å²) in [6.45, 7) is 2.78. The number of fused-ring (bicyclic) bond motifs is 1.